The first-order valence-electron chi connectivity index (χ1n) is 7.29. The average molecular weight is 370 g/mol. The van der Waals surface area contributed by atoms with E-state index in [9.17, 15) is 5.11 Å². The van der Waals surface area contributed by atoms with Crippen LogP contribution in [0.2, 0.25) is 5.02 Å². The Morgan fingerprint density at radius 2 is 2.14 bits per heavy atom. The highest BCUT2D eigenvalue weighted by Crippen LogP contribution is 2.38. The second kappa shape index (κ2) is 6.01. The lowest BCUT2D eigenvalue weighted by Gasteiger charge is -2.25. The lowest BCUT2D eigenvalue weighted by atomic mass is 9.86. The van der Waals surface area contributed by atoms with Crippen molar-refractivity contribution in [2.24, 2.45) is 10.9 Å². The molecule has 3 nitrogen and oxygen atoms in total. The summed E-state index contributed by atoms with van der Waals surface area (Å²) in [5.74, 6) is 0.780. The Balaban J connectivity index is 1.94. The van der Waals surface area contributed by atoms with Crippen LogP contribution in [0.1, 0.15) is 38.3 Å². The quantitative estimate of drug-likeness (QED) is 0.694. The Hall–Kier alpha value is -1.00. The van der Waals surface area contributed by atoms with E-state index in [2.05, 4.69) is 32.8 Å². The van der Waals surface area contributed by atoms with E-state index in [0.717, 1.165) is 16.4 Å². The number of nitrogens with one attached hydrogen (secondary N) is 1. The maximum atomic E-state index is 10.4. The zero-order chi connectivity index (χ0) is 15.0. The normalized spacial score (nSPS) is 23.2. The number of aromatic nitrogens is 1. The van der Waals surface area contributed by atoms with E-state index in [1.165, 1.54) is 19.3 Å². The third-order valence-corrected chi connectivity index (χ3v) is 5.60. The topological polar surface area (TPSA) is 48.4 Å². The minimum Gasteiger partial charge on any atom is -0.505 e. The summed E-state index contributed by atoms with van der Waals surface area (Å²) in [5, 5.41) is 11.5. The van der Waals surface area contributed by atoms with Gasteiger partial charge in [0.1, 0.15) is 0 Å². The standard InChI is InChI=1S/C16H18BrClN2O/c1-9-4-2-3-5-11(9)19-8-13-16(21)14-12(20-13)7-6-10(17)15(14)18/h6-9,11,20-21H,2-5H2,1H3. The van der Waals surface area contributed by atoms with Gasteiger partial charge in [0.15, 0.2) is 5.75 Å². The van der Waals surface area contributed by atoms with Gasteiger partial charge in [0.2, 0.25) is 0 Å². The van der Waals surface area contributed by atoms with Crippen molar-refractivity contribution in [2.75, 3.05) is 0 Å². The molecule has 1 aliphatic rings. The van der Waals surface area contributed by atoms with Gasteiger partial charge in [-0.15, -0.1) is 0 Å². The summed E-state index contributed by atoms with van der Waals surface area (Å²) in [4.78, 5) is 7.85. The first-order valence-corrected chi connectivity index (χ1v) is 8.47. The molecule has 2 N–H and O–H groups in total. The van der Waals surface area contributed by atoms with Crippen molar-refractivity contribution in [3.8, 4) is 5.75 Å². The molecule has 1 aromatic carbocycles. The molecule has 0 bridgehead atoms. The first kappa shape index (κ1) is 14.9. The molecule has 0 amide bonds. The van der Waals surface area contributed by atoms with Gasteiger partial charge in [-0.3, -0.25) is 4.99 Å². The Bertz CT molecular complexity index is 695. The van der Waals surface area contributed by atoms with Gasteiger partial charge in [0.25, 0.3) is 0 Å². The van der Waals surface area contributed by atoms with Crippen LogP contribution in [0.25, 0.3) is 10.9 Å². The van der Waals surface area contributed by atoms with Crippen molar-refractivity contribution in [2.45, 2.75) is 38.6 Å². The van der Waals surface area contributed by atoms with Crippen LogP contribution in [0.15, 0.2) is 21.6 Å². The molecular weight excluding hydrogens is 352 g/mol. The predicted octanol–water partition coefficient (Wildman–Crippen LogP) is 5.29. The van der Waals surface area contributed by atoms with Gasteiger partial charge in [-0.25, -0.2) is 0 Å². The second-order valence-corrected chi connectivity index (χ2v) is 7.01. The third-order valence-electron chi connectivity index (χ3n) is 4.32. The molecule has 0 saturated heterocycles. The summed E-state index contributed by atoms with van der Waals surface area (Å²) in [5.41, 5.74) is 1.45. The molecule has 2 atom stereocenters. The summed E-state index contributed by atoms with van der Waals surface area (Å²) >= 11 is 9.62. The zero-order valence-corrected chi connectivity index (χ0v) is 14.2. The number of halogens is 2. The van der Waals surface area contributed by atoms with Crippen LogP contribution >= 0.6 is 27.5 Å². The molecule has 1 saturated carbocycles. The number of aliphatic imine (C=N–C) groups is 1. The predicted molar refractivity (Wildman–Crippen MR) is 91.7 cm³/mol. The van der Waals surface area contributed by atoms with Crippen LogP contribution in [0.5, 0.6) is 5.75 Å². The highest BCUT2D eigenvalue weighted by Gasteiger charge is 2.20. The number of rotatable bonds is 2. The minimum absolute atomic E-state index is 0.170. The van der Waals surface area contributed by atoms with Gasteiger partial charge < -0.3 is 10.1 Å². The third kappa shape index (κ3) is 2.84. The van der Waals surface area contributed by atoms with E-state index < -0.39 is 0 Å². The van der Waals surface area contributed by atoms with E-state index in [4.69, 9.17) is 11.6 Å². The lowest BCUT2D eigenvalue weighted by Crippen LogP contribution is -2.20. The van der Waals surface area contributed by atoms with Crippen molar-refractivity contribution >= 4 is 44.6 Å². The highest BCUT2D eigenvalue weighted by atomic mass is 79.9. The fraction of sp³-hybridized carbons (Fsp3) is 0.438. The monoisotopic (exact) mass is 368 g/mol. The molecule has 3 rings (SSSR count). The summed E-state index contributed by atoms with van der Waals surface area (Å²) in [6, 6.07) is 4.11. The van der Waals surface area contributed by atoms with E-state index in [1.54, 1.807) is 6.21 Å². The minimum atomic E-state index is 0.170. The number of aromatic hydroxyl groups is 1. The van der Waals surface area contributed by atoms with E-state index in [1.807, 2.05) is 12.1 Å². The van der Waals surface area contributed by atoms with Gasteiger partial charge in [0.05, 0.1) is 27.7 Å². The Labute approximate surface area is 137 Å². The van der Waals surface area contributed by atoms with E-state index in [-0.39, 0.29) is 5.75 Å². The fourth-order valence-electron chi connectivity index (χ4n) is 3.01. The maximum absolute atomic E-state index is 10.4. The highest BCUT2D eigenvalue weighted by molar-refractivity contribution is 9.10. The molecule has 1 aliphatic carbocycles. The molecule has 21 heavy (non-hydrogen) atoms. The van der Waals surface area contributed by atoms with Gasteiger partial charge in [-0.05, 0) is 46.8 Å². The van der Waals surface area contributed by atoms with Crippen LogP contribution in [-0.4, -0.2) is 22.3 Å². The number of H-pyrrole nitrogens is 1. The van der Waals surface area contributed by atoms with E-state index in [0.29, 0.717) is 28.1 Å². The Morgan fingerprint density at radius 1 is 1.38 bits per heavy atom. The Morgan fingerprint density at radius 3 is 2.90 bits per heavy atom. The molecule has 2 aromatic rings. The Kier molecular flexibility index (Phi) is 4.27. The first-order chi connectivity index (χ1) is 10.1. The van der Waals surface area contributed by atoms with Crippen LogP contribution in [-0.2, 0) is 0 Å². The summed E-state index contributed by atoms with van der Waals surface area (Å²) in [7, 11) is 0. The number of hydrogen-bond donors (Lipinski definition) is 2. The van der Waals surface area contributed by atoms with Gasteiger partial charge in [0, 0.05) is 10.7 Å². The number of fused-ring (bicyclic) bond motifs is 1. The fourth-order valence-corrected chi connectivity index (χ4v) is 3.59. The molecule has 0 spiro atoms. The summed E-state index contributed by atoms with van der Waals surface area (Å²) in [6.45, 7) is 2.25. The summed E-state index contributed by atoms with van der Waals surface area (Å²) in [6.07, 6.45) is 6.66. The van der Waals surface area contributed by atoms with Crippen LogP contribution in [0, 0.1) is 5.92 Å². The molecule has 5 heteroatoms. The lowest BCUT2D eigenvalue weighted by molar-refractivity contribution is 0.333. The van der Waals surface area contributed by atoms with Crippen LogP contribution in [0.3, 0.4) is 0 Å². The van der Waals surface area contributed by atoms with Gasteiger partial charge in [-0.1, -0.05) is 31.4 Å². The van der Waals surface area contributed by atoms with Gasteiger partial charge in [-0.2, -0.15) is 0 Å². The van der Waals surface area contributed by atoms with Crippen molar-refractivity contribution in [1.82, 2.24) is 4.98 Å². The molecular formula is C16H18BrClN2O. The smallest absolute Gasteiger partial charge is 0.151 e. The number of nitrogens with zero attached hydrogens (tertiary/aromatic N) is 1. The number of hydrogen-bond acceptors (Lipinski definition) is 2. The molecule has 0 aliphatic heterocycles. The maximum Gasteiger partial charge on any atom is 0.151 e. The summed E-state index contributed by atoms with van der Waals surface area (Å²) < 4.78 is 0.773. The van der Waals surface area contributed by atoms with Crippen molar-refractivity contribution in [3.05, 3.63) is 27.3 Å². The van der Waals surface area contributed by atoms with Crippen molar-refractivity contribution < 1.29 is 5.11 Å². The number of benzene rings is 1. The van der Waals surface area contributed by atoms with Gasteiger partial charge >= 0.3 is 0 Å². The zero-order valence-electron chi connectivity index (χ0n) is 11.9. The SMILES string of the molecule is CC1CCCCC1N=Cc1[nH]c2ccc(Br)c(Cl)c2c1O. The van der Waals surface area contributed by atoms with E-state index >= 15 is 0 Å². The molecule has 2 unspecified atom stereocenters. The average Bonchev–Trinajstić information content (AvgIpc) is 2.79. The molecule has 112 valence electrons. The van der Waals surface area contributed by atoms with Crippen LogP contribution in [0.4, 0.5) is 0 Å². The second-order valence-electron chi connectivity index (χ2n) is 5.78. The van der Waals surface area contributed by atoms with Crippen molar-refractivity contribution in [1.29, 1.82) is 0 Å². The largest absolute Gasteiger partial charge is 0.505 e. The van der Waals surface area contributed by atoms with Crippen LogP contribution < -0.4 is 0 Å². The molecule has 1 fully saturated rings. The molecule has 0 radical (unpaired) electrons. The van der Waals surface area contributed by atoms with Crippen molar-refractivity contribution in [3.63, 3.8) is 0 Å². The molecule has 1 aromatic heterocycles. The number of aromatic amines is 1. The molecule has 1 heterocycles.